The first kappa shape index (κ1) is 17.0. The monoisotopic (exact) mass is 344 g/mol. The van der Waals surface area contributed by atoms with Crippen molar-refractivity contribution >= 4 is 17.4 Å². The maximum atomic E-state index is 11.8. The summed E-state index contributed by atoms with van der Waals surface area (Å²) in [6.45, 7) is 2.52. The number of nitrogens with one attached hydrogen (secondary N) is 2. The van der Waals surface area contributed by atoms with E-state index in [2.05, 4.69) is 35.1 Å². The van der Waals surface area contributed by atoms with Gasteiger partial charge in [0.2, 0.25) is 0 Å². The quantitative estimate of drug-likeness (QED) is 0.789. The van der Waals surface area contributed by atoms with Crippen LogP contribution in [-0.4, -0.2) is 18.2 Å². The number of carbonyl (C=O) groups excluding carboxylic acids is 1. The second kappa shape index (κ2) is 8.31. The van der Waals surface area contributed by atoms with Crippen molar-refractivity contribution < 1.29 is 9.53 Å². The molecule has 1 aromatic heterocycles. The lowest BCUT2D eigenvalue weighted by molar-refractivity contribution is 0.124. The fourth-order valence-electron chi connectivity index (χ4n) is 2.98. The highest BCUT2D eigenvalue weighted by atomic mass is 32.1. The smallest absolute Gasteiger partial charge is 0.407 e. The molecule has 2 aromatic rings. The molecule has 4 nitrogen and oxygen atoms in total. The molecule has 1 aliphatic carbocycles. The van der Waals surface area contributed by atoms with Gasteiger partial charge < -0.3 is 15.4 Å². The van der Waals surface area contributed by atoms with Crippen molar-refractivity contribution in [3.63, 3.8) is 0 Å². The summed E-state index contributed by atoms with van der Waals surface area (Å²) >= 11 is 1.80. The van der Waals surface area contributed by atoms with E-state index in [4.69, 9.17) is 4.74 Å². The number of alkyl carbamates (subject to hydrolysis) is 1. The molecule has 1 amide bonds. The summed E-state index contributed by atoms with van der Waals surface area (Å²) < 4.78 is 5.26. The lowest BCUT2D eigenvalue weighted by atomic mass is 9.86. The zero-order chi connectivity index (χ0) is 16.8. The molecule has 1 atom stereocenters. The number of carbonyl (C=O) groups is 1. The molecule has 1 fully saturated rings. The Morgan fingerprint density at radius 2 is 2.00 bits per heavy atom. The Morgan fingerprint density at radius 3 is 2.67 bits per heavy atom. The first-order valence-electron chi connectivity index (χ1n) is 8.51. The fourth-order valence-corrected chi connectivity index (χ4v) is 3.85. The van der Waals surface area contributed by atoms with Crippen LogP contribution in [0.3, 0.4) is 0 Å². The van der Waals surface area contributed by atoms with Gasteiger partial charge in [-0.1, -0.05) is 43.3 Å². The van der Waals surface area contributed by atoms with Gasteiger partial charge in [-0.25, -0.2) is 4.79 Å². The molecule has 1 aliphatic rings. The summed E-state index contributed by atoms with van der Waals surface area (Å²) in [6, 6.07) is 15.1. The molecule has 3 rings (SSSR count). The van der Waals surface area contributed by atoms with Gasteiger partial charge >= 0.3 is 6.09 Å². The SMILES string of the molecule is CCC(NC1CC(NC(=O)OCc2ccccc2)C1)c1cccs1. The normalized spacial score (nSPS) is 20.9. The van der Waals surface area contributed by atoms with E-state index < -0.39 is 0 Å². The van der Waals surface area contributed by atoms with Crippen LogP contribution in [0.1, 0.15) is 42.7 Å². The van der Waals surface area contributed by atoms with Crippen molar-refractivity contribution in [2.75, 3.05) is 0 Å². The number of hydrogen-bond donors (Lipinski definition) is 2. The first-order chi connectivity index (χ1) is 11.7. The standard InChI is InChI=1S/C19H24N2O2S/c1-2-17(18-9-6-10-24-18)20-15-11-16(12-15)21-19(22)23-13-14-7-4-3-5-8-14/h3-10,15-17,20H,2,11-13H2,1H3,(H,21,22). The Kier molecular flexibility index (Phi) is 5.88. The Hall–Kier alpha value is -1.85. The molecule has 128 valence electrons. The maximum absolute atomic E-state index is 11.8. The molecule has 0 bridgehead atoms. The molecule has 0 aliphatic heterocycles. The Bertz CT molecular complexity index is 624. The largest absolute Gasteiger partial charge is 0.445 e. The van der Waals surface area contributed by atoms with Gasteiger partial charge in [-0.05, 0) is 36.3 Å². The third-order valence-electron chi connectivity index (χ3n) is 4.40. The highest BCUT2D eigenvalue weighted by molar-refractivity contribution is 7.10. The van der Waals surface area contributed by atoms with E-state index in [9.17, 15) is 4.79 Å². The maximum Gasteiger partial charge on any atom is 0.407 e. The van der Waals surface area contributed by atoms with E-state index in [-0.39, 0.29) is 12.1 Å². The second-order valence-electron chi connectivity index (χ2n) is 6.21. The average Bonchev–Trinajstić information content (AvgIpc) is 3.10. The van der Waals surface area contributed by atoms with Gasteiger partial charge in [0.15, 0.2) is 0 Å². The minimum Gasteiger partial charge on any atom is -0.445 e. The predicted molar refractivity (Wildman–Crippen MR) is 97.1 cm³/mol. The minimum atomic E-state index is -0.326. The summed E-state index contributed by atoms with van der Waals surface area (Å²) in [5.41, 5.74) is 1.00. The molecule has 5 heteroatoms. The van der Waals surface area contributed by atoms with Crippen molar-refractivity contribution in [2.24, 2.45) is 0 Å². The van der Waals surface area contributed by atoms with Crippen LogP contribution in [0.2, 0.25) is 0 Å². The average molecular weight is 344 g/mol. The highest BCUT2D eigenvalue weighted by Crippen LogP contribution is 2.27. The number of amides is 1. The van der Waals surface area contributed by atoms with E-state index >= 15 is 0 Å². The Labute approximate surface area is 147 Å². The van der Waals surface area contributed by atoms with Gasteiger partial charge in [0.1, 0.15) is 6.61 Å². The molecule has 1 saturated carbocycles. The molecule has 0 spiro atoms. The Morgan fingerprint density at radius 1 is 1.21 bits per heavy atom. The molecular formula is C19H24N2O2S. The van der Waals surface area contributed by atoms with Crippen LogP contribution < -0.4 is 10.6 Å². The number of benzene rings is 1. The van der Waals surface area contributed by atoms with Crippen molar-refractivity contribution in [1.29, 1.82) is 0 Å². The van der Waals surface area contributed by atoms with E-state index in [1.807, 2.05) is 30.3 Å². The van der Waals surface area contributed by atoms with E-state index in [1.54, 1.807) is 11.3 Å². The van der Waals surface area contributed by atoms with Crippen LogP contribution in [0.5, 0.6) is 0 Å². The molecule has 2 N–H and O–H groups in total. The van der Waals surface area contributed by atoms with Gasteiger partial charge in [-0.2, -0.15) is 0 Å². The number of ether oxygens (including phenoxy) is 1. The predicted octanol–water partition coefficient (Wildman–Crippen LogP) is 4.25. The van der Waals surface area contributed by atoms with Gasteiger partial charge in [0.25, 0.3) is 0 Å². The van der Waals surface area contributed by atoms with Crippen LogP contribution in [0.15, 0.2) is 47.8 Å². The van der Waals surface area contributed by atoms with Crippen LogP contribution >= 0.6 is 11.3 Å². The van der Waals surface area contributed by atoms with Gasteiger partial charge in [0, 0.05) is 23.0 Å². The number of rotatable bonds is 7. The van der Waals surface area contributed by atoms with Crippen molar-refractivity contribution in [3.05, 3.63) is 58.3 Å². The minimum absolute atomic E-state index is 0.214. The molecule has 0 saturated heterocycles. The third-order valence-corrected chi connectivity index (χ3v) is 5.39. The van der Waals surface area contributed by atoms with Crippen LogP contribution in [0.25, 0.3) is 0 Å². The first-order valence-corrected chi connectivity index (χ1v) is 9.39. The zero-order valence-electron chi connectivity index (χ0n) is 13.9. The van der Waals surface area contributed by atoms with E-state index in [0.717, 1.165) is 24.8 Å². The van der Waals surface area contributed by atoms with Gasteiger partial charge in [0.05, 0.1) is 0 Å². The Balaban J connectivity index is 1.35. The zero-order valence-corrected chi connectivity index (χ0v) is 14.7. The van der Waals surface area contributed by atoms with Crippen LogP contribution in [-0.2, 0) is 11.3 Å². The van der Waals surface area contributed by atoms with E-state index in [0.29, 0.717) is 18.7 Å². The molecule has 1 heterocycles. The summed E-state index contributed by atoms with van der Waals surface area (Å²) in [6.07, 6.45) is 2.67. The molecule has 0 radical (unpaired) electrons. The van der Waals surface area contributed by atoms with Crippen molar-refractivity contribution in [2.45, 2.75) is 50.9 Å². The van der Waals surface area contributed by atoms with Gasteiger partial charge in [-0.3, -0.25) is 0 Å². The molecule has 1 aromatic carbocycles. The van der Waals surface area contributed by atoms with Crippen LogP contribution in [0, 0.1) is 0 Å². The van der Waals surface area contributed by atoms with Crippen LogP contribution in [0.4, 0.5) is 4.79 Å². The molecular weight excluding hydrogens is 320 g/mol. The topological polar surface area (TPSA) is 50.4 Å². The fraction of sp³-hybridized carbons (Fsp3) is 0.421. The van der Waals surface area contributed by atoms with Crippen molar-refractivity contribution in [1.82, 2.24) is 10.6 Å². The second-order valence-corrected chi connectivity index (χ2v) is 7.19. The summed E-state index contributed by atoms with van der Waals surface area (Å²) in [7, 11) is 0. The number of hydrogen-bond acceptors (Lipinski definition) is 4. The number of thiophene rings is 1. The van der Waals surface area contributed by atoms with Gasteiger partial charge in [-0.15, -0.1) is 11.3 Å². The summed E-state index contributed by atoms with van der Waals surface area (Å²) in [4.78, 5) is 13.2. The summed E-state index contributed by atoms with van der Waals surface area (Å²) in [5.74, 6) is 0. The lowest BCUT2D eigenvalue weighted by Gasteiger charge is -2.38. The highest BCUT2D eigenvalue weighted by Gasteiger charge is 2.32. The summed E-state index contributed by atoms with van der Waals surface area (Å²) in [5, 5.41) is 8.75. The third kappa shape index (κ3) is 4.58. The van der Waals surface area contributed by atoms with E-state index in [1.165, 1.54) is 4.88 Å². The van der Waals surface area contributed by atoms with Crippen molar-refractivity contribution in [3.8, 4) is 0 Å². The molecule has 24 heavy (non-hydrogen) atoms. The molecule has 1 unspecified atom stereocenters. The lowest BCUT2D eigenvalue weighted by Crippen LogP contribution is -2.53.